The summed E-state index contributed by atoms with van der Waals surface area (Å²) in [5.74, 6) is 2.31. The second-order valence-electron chi connectivity index (χ2n) is 7.85. The SMILES string of the molecule is Cc1nnc2n1CCN(C(=O)c1cc(C3CC3)n(C(C)(C)C)n1)C2. The van der Waals surface area contributed by atoms with Gasteiger partial charge in [-0.1, -0.05) is 0 Å². The summed E-state index contributed by atoms with van der Waals surface area (Å²) in [4.78, 5) is 14.8. The quantitative estimate of drug-likeness (QED) is 0.846. The average Bonchev–Trinajstić information content (AvgIpc) is 3.17. The minimum absolute atomic E-state index is 0.00759. The highest BCUT2D eigenvalue weighted by Crippen LogP contribution is 2.41. The van der Waals surface area contributed by atoms with E-state index in [4.69, 9.17) is 0 Å². The van der Waals surface area contributed by atoms with Crippen LogP contribution in [0.2, 0.25) is 0 Å². The van der Waals surface area contributed by atoms with Crippen LogP contribution in [0.4, 0.5) is 0 Å². The molecule has 0 spiro atoms. The Kier molecular flexibility index (Phi) is 3.30. The second-order valence-corrected chi connectivity index (χ2v) is 7.85. The maximum Gasteiger partial charge on any atom is 0.274 e. The summed E-state index contributed by atoms with van der Waals surface area (Å²) < 4.78 is 4.11. The van der Waals surface area contributed by atoms with Crippen LogP contribution in [0.5, 0.6) is 0 Å². The van der Waals surface area contributed by atoms with Gasteiger partial charge in [0.1, 0.15) is 5.82 Å². The molecule has 7 nitrogen and oxygen atoms in total. The molecule has 7 heteroatoms. The summed E-state index contributed by atoms with van der Waals surface area (Å²) in [6.45, 7) is 10.3. The van der Waals surface area contributed by atoms with Crippen LogP contribution in [-0.2, 0) is 18.6 Å². The topological polar surface area (TPSA) is 68.8 Å². The van der Waals surface area contributed by atoms with E-state index >= 15 is 0 Å². The molecule has 0 bridgehead atoms. The van der Waals surface area contributed by atoms with Gasteiger partial charge in [0.05, 0.1) is 12.1 Å². The van der Waals surface area contributed by atoms with Gasteiger partial charge >= 0.3 is 0 Å². The van der Waals surface area contributed by atoms with Crippen LogP contribution in [0.25, 0.3) is 0 Å². The lowest BCUT2D eigenvalue weighted by atomic mass is 10.1. The Morgan fingerprint density at radius 1 is 1.21 bits per heavy atom. The molecule has 0 atom stereocenters. The van der Waals surface area contributed by atoms with Gasteiger partial charge in [0.2, 0.25) is 0 Å². The average molecular weight is 328 g/mol. The van der Waals surface area contributed by atoms with Crippen LogP contribution in [0.15, 0.2) is 6.07 Å². The van der Waals surface area contributed by atoms with Gasteiger partial charge in [-0.2, -0.15) is 5.10 Å². The van der Waals surface area contributed by atoms with Crippen LogP contribution < -0.4 is 0 Å². The third kappa shape index (κ3) is 2.52. The van der Waals surface area contributed by atoms with Gasteiger partial charge in [-0.15, -0.1) is 10.2 Å². The number of nitrogens with zero attached hydrogens (tertiary/aromatic N) is 6. The van der Waals surface area contributed by atoms with Gasteiger partial charge < -0.3 is 9.47 Å². The van der Waals surface area contributed by atoms with Crippen LogP contribution >= 0.6 is 0 Å². The number of aryl methyl sites for hydroxylation is 1. The van der Waals surface area contributed by atoms with Gasteiger partial charge in [0.25, 0.3) is 5.91 Å². The third-order valence-electron chi connectivity index (χ3n) is 4.81. The normalized spacial score (nSPS) is 17.9. The fourth-order valence-electron chi connectivity index (χ4n) is 3.35. The van der Waals surface area contributed by atoms with E-state index in [1.807, 2.05) is 22.6 Å². The Morgan fingerprint density at radius 3 is 2.62 bits per heavy atom. The molecule has 0 aromatic carbocycles. The van der Waals surface area contributed by atoms with Crippen molar-refractivity contribution in [1.82, 2.24) is 29.4 Å². The van der Waals surface area contributed by atoms with Gasteiger partial charge in [0.15, 0.2) is 11.5 Å². The molecule has 4 rings (SSSR count). The van der Waals surface area contributed by atoms with Crippen LogP contribution in [0.1, 0.15) is 67.4 Å². The molecule has 3 heterocycles. The summed E-state index contributed by atoms with van der Waals surface area (Å²) in [7, 11) is 0. The number of amides is 1. The molecule has 0 radical (unpaired) electrons. The van der Waals surface area contributed by atoms with Crippen LogP contribution in [0.3, 0.4) is 0 Å². The Morgan fingerprint density at radius 2 is 1.96 bits per heavy atom. The molecule has 0 saturated heterocycles. The number of aromatic nitrogens is 5. The molecule has 1 amide bonds. The number of hydrogen-bond acceptors (Lipinski definition) is 4. The molecule has 2 aromatic heterocycles. The molecule has 1 fully saturated rings. The lowest BCUT2D eigenvalue weighted by Gasteiger charge is -2.27. The fraction of sp³-hybridized carbons (Fsp3) is 0.647. The van der Waals surface area contributed by atoms with Crippen molar-refractivity contribution < 1.29 is 4.79 Å². The zero-order valence-electron chi connectivity index (χ0n) is 14.8. The van der Waals surface area contributed by atoms with E-state index in [1.54, 1.807) is 0 Å². The Hall–Kier alpha value is -2.18. The maximum absolute atomic E-state index is 12.9. The first-order valence-corrected chi connectivity index (χ1v) is 8.63. The highest BCUT2D eigenvalue weighted by Gasteiger charge is 2.34. The zero-order valence-corrected chi connectivity index (χ0v) is 14.8. The molecule has 24 heavy (non-hydrogen) atoms. The monoisotopic (exact) mass is 328 g/mol. The first-order chi connectivity index (χ1) is 11.3. The standard InChI is InChI=1S/C17H24N6O/c1-11-18-19-15-10-21(7-8-22(11)15)16(24)13-9-14(12-5-6-12)23(20-13)17(2,3)4/h9,12H,5-8,10H2,1-4H3. The van der Waals surface area contributed by atoms with Crippen molar-refractivity contribution >= 4 is 5.91 Å². The Balaban J connectivity index is 1.61. The first-order valence-electron chi connectivity index (χ1n) is 8.63. The second kappa shape index (κ2) is 5.16. The molecule has 1 saturated carbocycles. The molecule has 2 aromatic rings. The van der Waals surface area contributed by atoms with Crippen molar-refractivity contribution in [3.63, 3.8) is 0 Å². The van der Waals surface area contributed by atoms with E-state index in [-0.39, 0.29) is 11.4 Å². The van der Waals surface area contributed by atoms with Gasteiger partial charge in [0, 0.05) is 24.7 Å². The minimum atomic E-state index is -0.115. The van der Waals surface area contributed by atoms with Crippen molar-refractivity contribution in [2.24, 2.45) is 0 Å². The molecular formula is C17H24N6O. The van der Waals surface area contributed by atoms with Crippen LogP contribution in [0, 0.1) is 6.92 Å². The summed E-state index contributed by atoms with van der Waals surface area (Å²) in [5, 5.41) is 12.9. The minimum Gasteiger partial charge on any atom is -0.328 e. The van der Waals surface area contributed by atoms with Crippen molar-refractivity contribution in [2.75, 3.05) is 6.54 Å². The first kappa shape index (κ1) is 15.4. The molecule has 0 N–H and O–H groups in total. The number of hydrogen-bond donors (Lipinski definition) is 0. The Bertz CT molecular complexity index is 793. The highest BCUT2D eigenvalue weighted by molar-refractivity contribution is 5.92. The molecule has 1 aliphatic heterocycles. The molecule has 0 unspecified atom stereocenters. The molecule has 1 aliphatic carbocycles. The van der Waals surface area contributed by atoms with Crippen molar-refractivity contribution in [2.45, 2.75) is 65.1 Å². The molecule has 2 aliphatic rings. The van der Waals surface area contributed by atoms with Crippen molar-refractivity contribution in [3.8, 4) is 0 Å². The number of rotatable bonds is 2. The smallest absolute Gasteiger partial charge is 0.274 e. The fourth-order valence-corrected chi connectivity index (χ4v) is 3.35. The Labute approximate surface area is 141 Å². The summed E-state index contributed by atoms with van der Waals surface area (Å²) in [6, 6.07) is 2.00. The van der Waals surface area contributed by atoms with Gasteiger partial charge in [-0.05, 0) is 46.6 Å². The lowest BCUT2D eigenvalue weighted by molar-refractivity contribution is 0.0699. The molecular weight excluding hydrogens is 304 g/mol. The van der Waals surface area contributed by atoms with E-state index in [0.717, 1.165) is 18.2 Å². The predicted octanol–water partition coefficient (Wildman–Crippen LogP) is 2.07. The summed E-state index contributed by atoms with van der Waals surface area (Å²) in [6.07, 6.45) is 2.39. The molecule has 128 valence electrons. The van der Waals surface area contributed by atoms with Crippen molar-refractivity contribution in [3.05, 3.63) is 29.1 Å². The van der Waals surface area contributed by atoms with Gasteiger partial charge in [-0.25, -0.2) is 0 Å². The van der Waals surface area contributed by atoms with Crippen molar-refractivity contribution in [1.29, 1.82) is 0 Å². The van der Waals surface area contributed by atoms with Gasteiger partial charge in [-0.3, -0.25) is 9.48 Å². The number of fused-ring (bicyclic) bond motifs is 1. The maximum atomic E-state index is 12.9. The third-order valence-corrected chi connectivity index (χ3v) is 4.81. The van der Waals surface area contributed by atoms with Crippen LogP contribution in [-0.4, -0.2) is 41.9 Å². The van der Waals surface area contributed by atoms with E-state index in [1.165, 1.54) is 18.5 Å². The highest BCUT2D eigenvalue weighted by atomic mass is 16.2. The number of carbonyl (C=O) groups is 1. The summed E-state index contributed by atoms with van der Waals surface area (Å²) >= 11 is 0. The predicted molar refractivity (Wildman–Crippen MR) is 88.7 cm³/mol. The lowest BCUT2D eigenvalue weighted by Crippen LogP contribution is -2.39. The zero-order chi connectivity index (χ0) is 17.1. The largest absolute Gasteiger partial charge is 0.328 e. The van der Waals surface area contributed by atoms with E-state index in [0.29, 0.717) is 24.7 Å². The van der Waals surface area contributed by atoms with E-state index < -0.39 is 0 Å². The van der Waals surface area contributed by atoms with E-state index in [9.17, 15) is 4.79 Å². The number of carbonyl (C=O) groups excluding carboxylic acids is 1. The summed E-state index contributed by atoms with van der Waals surface area (Å²) in [5.41, 5.74) is 1.63. The van der Waals surface area contributed by atoms with E-state index in [2.05, 4.69) is 40.6 Å².